The normalized spacial score (nSPS) is 11.9. The number of nitrogens with zero attached hydrogens (tertiary/aromatic N) is 2. The van der Waals surface area contributed by atoms with Crippen molar-refractivity contribution < 1.29 is 0 Å². The van der Waals surface area contributed by atoms with E-state index in [1.54, 1.807) is 0 Å². The van der Waals surface area contributed by atoms with Crippen LogP contribution in [0.1, 0.15) is 0 Å². The summed E-state index contributed by atoms with van der Waals surface area (Å²) < 4.78 is 4.63. The predicted octanol–water partition coefficient (Wildman–Crippen LogP) is 10.3. The monoisotopic (exact) mass is 526 g/mol. The van der Waals surface area contributed by atoms with Crippen LogP contribution in [0.25, 0.3) is 65.8 Å². The van der Waals surface area contributed by atoms with Crippen molar-refractivity contribution in [3.8, 4) is 11.4 Å². The molecule has 0 spiro atoms. The molecule has 0 bridgehead atoms. The van der Waals surface area contributed by atoms with Crippen molar-refractivity contribution in [3.05, 3.63) is 131 Å². The zero-order valence-corrected chi connectivity index (χ0v) is 21.7. The highest BCUT2D eigenvalue weighted by Gasteiger charge is 2.19. The highest BCUT2D eigenvalue weighted by Crippen LogP contribution is 2.43. The van der Waals surface area contributed by atoms with Crippen LogP contribution in [-0.2, 0) is 0 Å². The van der Waals surface area contributed by atoms with E-state index < -0.39 is 0 Å². The third-order valence-electron chi connectivity index (χ3n) is 7.61. The van der Waals surface area contributed by atoms with E-state index in [-0.39, 0.29) is 0 Å². The Kier molecular flexibility index (Phi) is 4.66. The first-order chi connectivity index (χ1) is 18.7. The van der Waals surface area contributed by atoms with E-state index in [4.69, 9.17) is 23.2 Å². The molecule has 0 saturated heterocycles. The lowest BCUT2D eigenvalue weighted by molar-refractivity contribution is 1.18. The molecule has 2 aromatic heterocycles. The molecule has 0 saturated carbocycles. The van der Waals surface area contributed by atoms with Gasteiger partial charge in [0.1, 0.15) is 0 Å². The average Bonchev–Trinajstić information content (AvgIpc) is 3.45. The first-order valence-corrected chi connectivity index (χ1v) is 13.3. The lowest BCUT2D eigenvalue weighted by atomic mass is 9.99. The first kappa shape index (κ1) is 21.8. The summed E-state index contributed by atoms with van der Waals surface area (Å²) in [6.07, 6.45) is 0. The molecule has 8 rings (SSSR count). The van der Waals surface area contributed by atoms with Gasteiger partial charge in [-0.3, -0.25) is 0 Å². The largest absolute Gasteiger partial charge is 0.309 e. The summed E-state index contributed by atoms with van der Waals surface area (Å²) >= 11 is 13.0. The van der Waals surface area contributed by atoms with Crippen LogP contribution in [0.3, 0.4) is 0 Å². The number of hydrogen-bond donors (Lipinski definition) is 0. The summed E-state index contributed by atoms with van der Waals surface area (Å²) in [5, 5.41) is 8.74. The highest BCUT2D eigenvalue weighted by atomic mass is 35.5. The Bertz CT molecular complexity index is 2030. The molecule has 0 fully saturated rings. The minimum atomic E-state index is 0.729. The number of benzene rings is 6. The molecule has 0 amide bonds. The summed E-state index contributed by atoms with van der Waals surface area (Å²) in [5.74, 6) is 0. The van der Waals surface area contributed by atoms with Gasteiger partial charge < -0.3 is 9.13 Å². The van der Waals surface area contributed by atoms with Gasteiger partial charge in [0, 0.05) is 43.0 Å². The van der Waals surface area contributed by atoms with Crippen molar-refractivity contribution in [2.75, 3.05) is 0 Å². The van der Waals surface area contributed by atoms with Gasteiger partial charge in [0.15, 0.2) is 0 Å². The lowest BCUT2D eigenvalue weighted by Crippen LogP contribution is -1.93. The fourth-order valence-corrected chi connectivity index (χ4v) is 6.43. The van der Waals surface area contributed by atoms with E-state index >= 15 is 0 Å². The molecule has 8 aromatic rings. The molecule has 2 nitrogen and oxygen atoms in total. The third-order valence-corrected chi connectivity index (χ3v) is 8.08. The highest BCUT2D eigenvalue weighted by molar-refractivity contribution is 6.34. The van der Waals surface area contributed by atoms with Crippen molar-refractivity contribution in [1.82, 2.24) is 9.13 Å². The van der Waals surface area contributed by atoms with Gasteiger partial charge in [-0.15, -0.1) is 0 Å². The van der Waals surface area contributed by atoms with Gasteiger partial charge in [0.25, 0.3) is 0 Å². The second-order valence-corrected chi connectivity index (χ2v) is 10.6. The SMILES string of the molecule is Clc1ccc2c3c4ccc5c(c4ccc3n(-c3ccccc3)c2c1)c1ccc(Cl)cc1n5-c1ccccc1. The Balaban J connectivity index is 1.57. The Morgan fingerprint density at radius 1 is 0.368 bits per heavy atom. The van der Waals surface area contributed by atoms with Crippen molar-refractivity contribution in [1.29, 1.82) is 0 Å². The molecule has 180 valence electrons. The average molecular weight is 527 g/mol. The molecule has 0 N–H and O–H groups in total. The molecule has 0 aliphatic rings. The Morgan fingerprint density at radius 3 is 1.18 bits per heavy atom. The number of para-hydroxylation sites is 2. The van der Waals surface area contributed by atoms with Crippen LogP contribution in [0.15, 0.2) is 121 Å². The molecule has 0 atom stereocenters. The summed E-state index contributed by atoms with van der Waals surface area (Å²) in [6, 6.07) is 42.4. The van der Waals surface area contributed by atoms with Crippen LogP contribution in [-0.4, -0.2) is 9.13 Å². The molecular weight excluding hydrogens is 507 g/mol. The van der Waals surface area contributed by atoms with E-state index in [2.05, 4.69) is 106 Å². The minimum absolute atomic E-state index is 0.729. The topological polar surface area (TPSA) is 9.86 Å². The van der Waals surface area contributed by atoms with Crippen molar-refractivity contribution >= 4 is 77.6 Å². The summed E-state index contributed by atoms with van der Waals surface area (Å²) in [5.41, 5.74) is 6.76. The number of aromatic nitrogens is 2. The molecule has 38 heavy (non-hydrogen) atoms. The van der Waals surface area contributed by atoms with Crippen LogP contribution in [0, 0.1) is 0 Å². The van der Waals surface area contributed by atoms with E-state index in [0.29, 0.717) is 0 Å². The second-order valence-electron chi connectivity index (χ2n) is 9.68. The molecule has 0 aliphatic carbocycles. The maximum atomic E-state index is 6.51. The quantitative estimate of drug-likeness (QED) is 0.212. The zero-order valence-electron chi connectivity index (χ0n) is 20.2. The molecule has 6 aromatic carbocycles. The molecular formula is C34H20Cl2N2. The van der Waals surface area contributed by atoms with Crippen LogP contribution in [0.2, 0.25) is 10.0 Å². The predicted molar refractivity (Wildman–Crippen MR) is 163 cm³/mol. The number of hydrogen-bond acceptors (Lipinski definition) is 0. The molecule has 4 heteroatoms. The van der Waals surface area contributed by atoms with Gasteiger partial charge >= 0.3 is 0 Å². The van der Waals surface area contributed by atoms with E-state index in [1.165, 1.54) is 32.3 Å². The lowest BCUT2D eigenvalue weighted by Gasteiger charge is -2.09. The van der Waals surface area contributed by atoms with Gasteiger partial charge in [-0.2, -0.15) is 0 Å². The van der Waals surface area contributed by atoms with E-state index in [0.717, 1.165) is 43.5 Å². The minimum Gasteiger partial charge on any atom is -0.309 e. The van der Waals surface area contributed by atoms with Crippen LogP contribution in [0.5, 0.6) is 0 Å². The molecule has 0 unspecified atom stereocenters. The Labute approximate surface area is 228 Å². The van der Waals surface area contributed by atoms with Crippen molar-refractivity contribution in [2.24, 2.45) is 0 Å². The van der Waals surface area contributed by atoms with Gasteiger partial charge in [-0.25, -0.2) is 0 Å². The second kappa shape index (κ2) is 8.13. The van der Waals surface area contributed by atoms with Crippen LogP contribution in [0.4, 0.5) is 0 Å². The van der Waals surface area contributed by atoms with Crippen LogP contribution < -0.4 is 0 Å². The zero-order chi connectivity index (χ0) is 25.4. The maximum absolute atomic E-state index is 6.51. The third kappa shape index (κ3) is 3.02. The fourth-order valence-electron chi connectivity index (χ4n) is 6.09. The van der Waals surface area contributed by atoms with Crippen molar-refractivity contribution in [2.45, 2.75) is 0 Å². The van der Waals surface area contributed by atoms with Gasteiger partial charge in [0.05, 0.1) is 22.1 Å². The van der Waals surface area contributed by atoms with Gasteiger partial charge in [-0.05, 0) is 71.4 Å². The Morgan fingerprint density at radius 2 is 0.763 bits per heavy atom. The number of fused-ring (bicyclic) bond motifs is 9. The van der Waals surface area contributed by atoms with Crippen LogP contribution >= 0.6 is 23.2 Å². The van der Waals surface area contributed by atoms with Gasteiger partial charge in [-0.1, -0.05) is 83.9 Å². The number of rotatable bonds is 2. The molecule has 0 radical (unpaired) electrons. The fraction of sp³-hybridized carbons (Fsp3) is 0. The van der Waals surface area contributed by atoms with Gasteiger partial charge in [0.2, 0.25) is 0 Å². The molecule has 0 aliphatic heterocycles. The summed E-state index contributed by atoms with van der Waals surface area (Å²) in [4.78, 5) is 0. The Hall–Kier alpha value is -4.24. The summed E-state index contributed by atoms with van der Waals surface area (Å²) in [6.45, 7) is 0. The molecule has 2 heterocycles. The van der Waals surface area contributed by atoms with E-state index in [1.807, 2.05) is 24.3 Å². The van der Waals surface area contributed by atoms with Crippen molar-refractivity contribution in [3.63, 3.8) is 0 Å². The van der Waals surface area contributed by atoms with E-state index in [9.17, 15) is 0 Å². The smallest absolute Gasteiger partial charge is 0.0556 e. The maximum Gasteiger partial charge on any atom is 0.0556 e. The number of halogens is 2. The summed E-state index contributed by atoms with van der Waals surface area (Å²) in [7, 11) is 0. The first-order valence-electron chi connectivity index (χ1n) is 12.6. The standard InChI is InChI=1S/C34H20Cl2N2/c35-21-11-13-27-31(19-21)37(23-7-3-1-4-8-23)29-17-15-26-25(33(27)29)16-18-30-34(26)28-14-12-22(36)20-32(28)38(30)24-9-5-2-6-10-24/h1-20H.